The molecule has 20 heavy (non-hydrogen) atoms. The third-order valence-corrected chi connectivity index (χ3v) is 4.05. The Labute approximate surface area is 122 Å². The number of fused-ring (bicyclic) bond motifs is 1. The van der Waals surface area contributed by atoms with Gasteiger partial charge in [-0.15, -0.1) is 11.3 Å². The fourth-order valence-electron chi connectivity index (χ4n) is 1.93. The van der Waals surface area contributed by atoms with Crippen LogP contribution in [0.2, 0.25) is 5.02 Å². The number of rotatable bonds is 2. The Hall–Kier alpha value is -2.25. The van der Waals surface area contributed by atoms with Crippen molar-refractivity contribution in [1.29, 1.82) is 0 Å². The lowest BCUT2D eigenvalue weighted by Crippen LogP contribution is -1.92. The largest absolute Gasteiger partial charge is 0.383 e. The molecular weight excluding hydrogens is 300 g/mol. The highest BCUT2D eigenvalue weighted by molar-refractivity contribution is 7.17. The first-order valence-corrected chi connectivity index (χ1v) is 6.75. The van der Waals surface area contributed by atoms with E-state index in [2.05, 4.69) is 9.97 Å². The topological polar surface area (TPSA) is 94.9 Å². The van der Waals surface area contributed by atoms with Crippen LogP contribution in [-0.4, -0.2) is 14.9 Å². The molecule has 0 saturated carbocycles. The van der Waals surface area contributed by atoms with E-state index in [4.69, 9.17) is 17.3 Å². The number of aromatic nitrogens is 2. The quantitative estimate of drug-likeness (QED) is 0.577. The molecule has 0 unspecified atom stereocenters. The van der Waals surface area contributed by atoms with Crippen molar-refractivity contribution in [2.24, 2.45) is 0 Å². The van der Waals surface area contributed by atoms with Crippen LogP contribution in [-0.2, 0) is 0 Å². The highest BCUT2D eigenvalue weighted by Gasteiger charge is 2.16. The zero-order chi connectivity index (χ0) is 14.3. The van der Waals surface area contributed by atoms with E-state index >= 15 is 0 Å². The van der Waals surface area contributed by atoms with Gasteiger partial charge in [-0.05, 0) is 6.07 Å². The number of nitrogens with two attached hydrogens (primary N) is 1. The summed E-state index contributed by atoms with van der Waals surface area (Å²) in [5, 5.41) is 13.6. The summed E-state index contributed by atoms with van der Waals surface area (Å²) in [6, 6.07) is 4.33. The number of hydrogen-bond acceptors (Lipinski definition) is 6. The molecule has 0 radical (unpaired) electrons. The van der Waals surface area contributed by atoms with Crippen molar-refractivity contribution in [3.63, 3.8) is 0 Å². The number of anilines is 1. The van der Waals surface area contributed by atoms with Gasteiger partial charge in [0, 0.05) is 28.6 Å². The zero-order valence-corrected chi connectivity index (χ0v) is 11.5. The second kappa shape index (κ2) is 4.69. The molecule has 2 N–H and O–H groups in total. The van der Waals surface area contributed by atoms with Crippen molar-refractivity contribution in [2.75, 3.05) is 5.73 Å². The van der Waals surface area contributed by atoms with Crippen molar-refractivity contribution in [3.05, 3.63) is 45.0 Å². The van der Waals surface area contributed by atoms with Crippen molar-refractivity contribution < 1.29 is 4.92 Å². The van der Waals surface area contributed by atoms with E-state index in [1.807, 2.05) is 5.38 Å². The van der Waals surface area contributed by atoms with Gasteiger partial charge in [0.1, 0.15) is 17.0 Å². The van der Waals surface area contributed by atoms with Gasteiger partial charge in [-0.2, -0.15) is 0 Å². The Morgan fingerprint density at radius 1 is 1.30 bits per heavy atom. The number of nitro benzene ring substituents is 1. The molecule has 2 aromatic heterocycles. The molecule has 100 valence electrons. The maximum absolute atomic E-state index is 10.7. The van der Waals surface area contributed by atoms with E-state index < -0.39 is 4.92 Å². The summed E-state index contributed by atoms with van der Waals surface area (Å²) in [5.74, 6) is 0.362. The van der Waals surface area contributed by atoms with Crippen LogP contribution in [0.15, 0.2) is 29.9 Å². The van der Waals surface area contributed by atoms with Crippen molar-refractivity contribution in [2.45, 2.75) is 0 Å². The van der Waals surface area contributed by atoms with Crippen LogP contribution in [0.1, 0.15) is 0 Å². The average molecular weight is 307 g/mol. The summed E-state index contributed by atoms with van der Waals surface area (Å²) in [6.45, 7) is 0. The van der Waals surface area contributed by atoms with E-state index in [-0.39, 0.29) is 5.69 Å². The van der Waals surface area contributed by atoms with Crippen LogP contribution in [0.4, 0.5) is 11.5 Å². The molecule has 0 spiro atoms. The van der Waals surface area contributed by atoms with E-state index in [1.54, 1.807) is 6.07 Å². The molecule has 6 nitrogen and oxygen atoms in total. The molecule has 0 atom stereocenters. The van der Waals surface area contributed by atoms with Gasteiger partial charge in [0.15, 0.2) is 0 Å². The number of non-ortho nitro benzene ring substituents is 1. The van der Waals surface area contributed by atoms with Gasteiger partial charge in [0.25, 0.3) is 5.69 Å². The van der Waals surface area contributed by atoms with E-state index in [9.17, 15) is 10.1 Å². The fourth-order valence-corrected chi connectivity index (χ4v) is 3.12. The van der Waals surface area contributed by atoms with Gasteiger partial charge in [0.05, 0.1) is 15.3 Å². The Kier molecular flexibility index (Phi) is 3.00. The second-order valence-corrected chi connectivity index (χ2v) is 5.28. The van der Waals surface area contributed by atoms with Crippen molar-refractivity contribution in [1.82, 2.24) is 9.97 Å². The van der Waals surface area contributed by atoms with Crippen LogP contribution in [0.25, 0.3) is 21.3 Å². The lowest BCUT2D eigenvalue weighted by atomic mass is 10.1. The summed E-state index contributed by atoms with van der Waals surface area (Å²) >= 11 is 7.55. The molecule has 1 aromatic carbocycles. The first-order chi connectivity index (χ1) is 9.58. The zero-order valence-electron chi connectivity index (χ0n) is 9.91. The molecule has 0 aliphatic rings. The molecule has 0 aliphatic heterocycles. The van der Waals surface area contributed by atoms with Crippen LogP contribution in [0, 0.1) is 10.1 Å². The maximum Gasteiger partial charge on any atom is 0.270 e. The smallest absolute Gasteiger partial charge is 0.270 e. The minimum atomic E-state index is -0.487. The molecule has 0 amide bonds. The van der Waals surface area contributed by atoms with Crippen LogP contribution in [0.3, 0.4) is 0 Å². The standard InChI is InChI=1S/C12H7ClN4O2S/c13-9-3-6(17(18)19)1-2-7(9)8-4-20-12-10(8)11(14)15-5-16-12/h1-5H,(H2,14,15,16). The summed E-state index contributed by atoms with van der Waals surface area (Å²) in [4.78, 5) is 19.1. The van der Waals surface area contributed by atoms with Crippen LogP contribution >= 0.6 is 22.9 Å². The lowest BCUT2D eigenvalue weighted by Gasteiger charge is -2.04. The number of hydrogen-bond donors (Lipinski definition) is 1. The molecule has 8 heteroatoms. The van der Waals surface area contributed by atoms with E-state index in [0.29, 0.717) is 21.8 Å². The molecule has 2 heterocycles. The van der Waals surface area contributed by atoms with Crippen molar-refractivity contribution >= 4 is 44.7 Å². The summed E-state index contributed by atoms with van der Waals surface area (Å²) in [5.41, 5.74) is 7.27. The van der Waals surface area contributed by atoms with Gasteiger partial charge in [0.2, 0.25) is 0 Å². The van der Waals surface area contributed by atoms with E-state index in [1.165, 1.54) is 29.8 Å². The SMILES string of the molecule is Nc1ncnc2scc(-c3ccc([N+](=O)[O-])cc3Cl)c12. The minimum absolute atomic E-state index is 0.0532. The summed E-state index contributed by atoms with van der Waals surface area (Å²) in [7, 11) is 0. The molecule has 0 bridgehead atoms. The third-order valence-electron chi connectivity index (χ3n) is 2.85. The first kappa shape index (κ1) is 12.8. The van der Waals surface area contributed by atoms with E-state index in [0.717, 1.165) is 10.4 Å². The molecular formula is C12H7ClN4O2S. The van der Waals surface area contributed by atoms with Gasteiger partial charge < -0.3 is 5.73 Å². The minimum Gasteiger partial charge on any atom is -0.383 e. The Morgan fingerprint density at radius 3 is 2.80 bits per heavy atom. The predicted octanol–water partition coefficient (Wildman–Crippen LogP) is 3.50. The number of nitrogens with zero attached hydrogens (tertiary/aromatic N) is 3. The fraction of sp³-hybridized carbons (Fsp3) is 0. The number of halogens is 1. The first-order valence-electron chi connectivity index (χ1n) is 5.50. The molecule has 0 saturated heterocycles. The number of nitrogen functional groups attached to an aromatic ring is 1. The predicted molar refractivity (Wildman–Crippen MR) is 78.9 cm³/mol. The van der Waals surface area contributed by atoms with Gasteiger partial charge in [-0.1, -0.05) is 11.6 Å². The third kappa shape index (κ3) is 1.97. The maximum atomic E-state index is 10.7. The Balaban J connectivity index is 2.24. The number of benzene rings is 1. The second-order valence-electron chi connectivity index (χ2n) is 4.01. The molecule has 0 aliphatic carbocycles. The summed E-state index contributed by atoms with van der Waals surface area (Å²) in [6.07, 6.45) is 1.40. The van der Waals surface area contributed by atoms with Crippen molar-refractivity contribution in [3.8, 4) is 11.1 Å². The number of nitro groups is 1. The molecule has 0 fully saturated rings. The average Bonchev–Trinajstić information content (AvgIpc) is 2.83. The molecule has 3 rings (SSSR count). The number of thiophene rings is 1. The van der Waals surface area contributed by atoms with Gasteiger partial charge in [-0.25, -0.2) is 9.97 Å². The van der Waals surface area contributed by atoms with Gasteiger partial charge >= 0.3 is 0 Å². The Bertz CT molecular complexity index is 833. The molecule has 3 aromatic rings. The Morgan fingerprint density at radius 2 is 2.10 bits per heavy atom. The lowest BCUT2D eigenvalue weighted by molar-refractivity contribution is -0.384. The van der Waals surface area contributed by atoms with Crippen LogP contribution in [0.5, 0.6) is 0 Å². The monoisotopic (exact) mass is 306 g/mol. The summed E-state index contributed by atoms with van der Waals surface area (Å²) < 4.78 is 0. The highest BCUT2D eigenvalue weighted by Crippen LogP contribution is 2.39. The highest BCUT2D eigenvalue weighted by atomic mass is 35.5. The van der Waals surface area contributed by atoms with Crippen LogP contribution < -0.4 is 5.73 Å². The van der Waals surface area contributed by atoms with Gasteiger partial charge in [-0.3, -0.25) is 10.1 Å². The normalized spacial score (nSPS) is 10.8.